The van der Waals surface area contributed by atoms with Crippen LogP contribution in [0.4, 0.5) is 18.0 Å². The van der Waals surface area contributed by atoms with Crippen LogP contribution < -0.4 is 5.73 Å². The van der Waals surface area contributed by atoms with Crippen LogP contribution in [-0.2, 0) is 4.74 Å². The monoisotopic (exact) mass is 183 g/mol. The van der Waals surface area contributed by atoms with E-state index >= 15 is 0 Å². The lowest BCUT2D eigenvalue weighted by molar-refractivity contribution is -0.157. The maximum atomic E-state index is 11.8. The van der Waals surface area contributed by atoms with E-state index < -0.39 is 24.3 Å². The molecule has 0 bridgehead atoms. The molecule has 0 atom stereocenters. The summed E-state index contributed by atoms with van der Waals surface area (Å²) in [5.41, 5.74) is 3.27. The van der Waals surface area contributed by atoms with Gasteiger partial charge in [-0.3, -0.25) is 0 Å². The zero-order valence-electron chi connectivity index (χ0n) is 6.15. The summed E-state index contributed by atoms with van der Waals surface area (Å²) in [7, 11) is 0. The van der Waals surface area contributed by atoms with Gasteiger partial charge in [0.1, 0.15) is 5.60 Å². The maximum absolute atomic E-state index is 11.8. The van der Waals surface area contributed by atoms with Crippen LogP contribution in [0.1, 0.15) is 19.3 Å². The number of carbonyl (C=O) groups excluding carboxylic acids is 1. The molecule has 0 heterocycles. The Labute approximate surface area is 66.7 Å². The van der Waals surface area contributed by atoms with E-state index in [2.05, 4.69) is 10.5 Å². The van der Waals surface area contributed by atoms with Crippen LogP contribution in [0.5, 0.6) is 0 Å². The van der Waals surface area contributed by atoms with Crippen LogP contribution in [0.25, 0.3) is 0 Å². The number of alkyl halides is 3. The molecule has 6 heteroatoms. The Balaban J connectivity index is 2.45. The fraction of sp³-hybridized carbons (Fsp3) is 0.833. The molecule has 1 fully saturated rings. The summed E-state index contributed by atoms with van der Waals surface area (Å²) in [6.45, 7) is 0. The Morgan fingerprint density at radius 1 is 1.50 bits per heavy atom. The molecule has 1 rings (SSSR count). The molecule has 0 saturated heterocycles. The van der Waals surface area contributed by atoms with Gasteiger partial charge in [-0.1, -0.05) is 0 Å². The second-order valence-electron chi connectivity index (χ2n) is 2.90. The molecule has 2 N–H and O–H groups in total. The summed E-state index contributed by atoms with van der Waals surface area (Å²) in [5, 5.41) is 0. The molecular formula is C6H8F3NO2. The van der Waals surface area contributed by atoms with E-state index in [-0.39, 0.29) is 12.8 Å². The number of carbonyl (C=O) groups is 1. The van der Waals surface area contributed by atoms with Gasteiger partial charge < -0.3 is 10.5 Å². The van der Waals surface area contributed by atoms with Gasteiger partial charge >= 0.3 is 12.3 Å². The van der Waals surface area contributed by atoms with Crippen molar-refractivity contribution in [3.05, 3.63) is 0 Å². The summed E-state index contributed by atoms with van der Waals surface area (Å²) in [6, 6.07) is 0. The molecule has 70 valence electrons. The van der Waals surface area contributed by atoms with Crippen LogP contribution in [0.15, 0.2) is 0 Å². The summed E-state index contributed by atoms with van der Waals surface area (Å²) >= 11 is 0. The van der Waals surface area contributed by atoms with Crippen molar-refractivity contribution < 1.29 is 22.7 Å². The Kier molecular flexibility index (Phi) is 1.93. The molecule has 1 saturated carbocycles. The van der Waals surface area contributed by atoms with Crippen LogP contribution in [0, 0.1) is 0 Å². The van der Waals surface area contributed by atoms with E-state index in [0.29, 0.717) is 0 Å². The Hall–Kier alpha value is -0.940. The number of amides is 1. The fourth-order valence-electron chi connectivity index (χ4n) is 1.03. The zero-order valence-corrected chi connectivity index (χ0v) is 6.15. The van der Waals surface area contributed by atoms with Crippen molar-refractivity contribution in [2.24, 2.45) is 5.73 Å². The van der Waals surface area contributed by atoms with Crippen molar-refractivity contribution in [2.45, 2.75) is 31.0 Å². The molecule has 12 heavy (non-hydrogen) atoms. The highest BCUT2D eigenvalue weighted by molar-refractivity contribution is 5.65. The Morgan fingerprint density at radius 3 is 2.25 bits per heavy atom. The van der Waals surface area contributed by atoms with Crippen LogP contribution in [-0.4, -0.2) is 17.9 Å². The molecule has 0 spiro atoms. The van der Waals surface area contributed by atoms with Crippen molar-refractivity contribution in [1.82, 2.24) is 0 Å². The average molecular weight is 183 g/mol. The first-order valence-electron chi connectivity index (χ1n) is 3.38. The Bertz CT molecular complexity index is 197. The van der Waals surface area contributed by atoms with Crippen LogP contribution >= 0.6 is 0 Å². The number of rotatable bonds is 2. The minimum atomic E-state index is -4.30. The van der Waals surface area contributed by atoms with Crippen molar-refractivity contribution >= 4 is 6.09 Å². The van der Waals surface area contributed by atoms with Crippen LogP contribution in [0.3, 0.4) is 0 Å². The smallest absolute Gasteiger partial charge is 0.405 e. The molecule has 0 aromatic heterocycles. The minimum Gasteiger partial charge on any atom is -0.443 e. The van der Waals surface area contributed by atoms with Gasteiger partial charge in [-0.15, -0.1) is 0 Å². The molecule has 0 aromatic carbocycles. The largest absolute Gasteiger partial charge is 0.443 e. The zero-order chi connectivity index (χ0) is 9.41. The molecule has 0 aromatic rings. The number of hydrogen-bond donors (Lipinski definition) is 1. The standard InChI is InChI=1S/C6H8F3NO2/c7-6(8,9)3-5(1-2-5)12-4(10)11/h1-3H2,(H2,10,11). The fourth-order valence-corrected chi connectivity index (χ4v) is 1.03. The summed E-state index contributed by atoms with van der Waals surface area (Å²) < 4.78 is 39.8. The minimum absolute atomic E-state index is 0.245. The molecule has 0 radical (unpaired) electrons. The average Bonchev–Trinajstić information content (AvgIpc) is 2.40. The third kappa shape index (κ3) is 2.60. The molecule has 1 aliphatic carbocycles. The topological polar surface area (TPSA) is 52.3 Å². The third-order valence-electron chi connectivity index (χ3n) is 1.65. The van der Waals surface area contributed by atoms with Crippen LogP contribution in [0.2, 0.25) is 0 Å². The van der Waals surface area contributed by atoms with E-state index in [9.17, 15) is 18.0 Å². The first-order chi connectivity index (χ1) is 5.33. The lowest BCUT2D eigenvalue weighted by Crippen LogP contribution is -2.29. The van der Waals surface area contributed by atoms with E-state index in [1.165, 1.54) is 0 Å². The molecular weight excluding hydrogens is 175 g/mol. The van der Waals surface area contributed by atoms with Gasteiger partial charge in [0.2, 0.25) is 0 Å². The van der Waals surface area contributed by atoms with E-state index in [1.807, 2.05) is 0 Å². The van der Waals surface area contributed by atoms with Gasteiger partial charge in [-0.2, -0.15) is 13.2 Å². The summed E-state index contributed by atoms with van der Waals surface area (Å²) in [5.74, 6) is 0. The van der Waals surface area contributed by atoms with E-state index in [1.54, 1.807) is 0 Å². The second kappa shape index (κ2) is 2.53. The number of halogens is 3. The normalized spacial score (nSPS) is 20.2. The van der Waals surface area contributed by atoms with Gasteiger partial charge in [-0.05, 0) is 12.8 Å². The number of ether oxygens (including phenoxy) is 1. The predicted octanol–water partition coefficient (Wildman–Crippen LogP) is 1.57. The van der Waals surface area contributed by atoms with Gasteiger partial charge in [0.15, 0.2) is 0 Å². The molecule has 1 aliphatic rings. The first kappa shape index (κ1) is 9.15. The van der Waals surface area contributed by atoms with Crippen molar-refractivity contribution in [1.29, 1.82) is 0 Å². The van der Waals surface area contributed by atoms with Crippen molar-refractivity contribution in [3.63, 3.8) is 0 Å². The number of hydrogen-bond acceptors (Lipinski definition) is 2. The highest BCUT2D eigenvalue weighted by Gasteiger charge is 2.53. The summed E-state index contributed by atoms with van der Waals surface area (Å²) in [6.07, 6.45) is -6.04. The Morgan fingerprint density at radius 2 is 2.00 bits per heavy atom. The molecule has 0 aliphatic heterocycles. The maximum Gasteiger partial charge on any atom is 0.405 e. The second-order valence-corrected chi connectivity index (χ2v) is 2.90. The number of primary amides is 1. The lowest BCUT2D eigenvalue weighted by atomic mass is 10.2. The van der Waals surface area contributed by atoms with Gasteiger partial charge in [0, 0.05) is 0 Å². The lowest BCUT2D eigenvalue weighted by Gasteiger charge is -2.16. The van der Waals surface area contributed by atoms with Gasteiger partial charge in [-0.25, -0.2) is 4.79 Å². The molecule has 3 nitrogen and oxygen atoms in total. The predicted molar refractivity (Wildman–Crippen MR) is 33.3 cm³/mol. The van der Waals surface area contributed by atoms with E-state index in [4.69, 9.17) is 0 Å². The van der Waals surface area contributed by atoms with Gasteiger partial charge in [0.05, 0.1) is 6.42 Å². The van der Waals surface area contributed by atoms with Crippen molar-refractivity contribution in [3.8, 4) is 0 Å². The van der Waals surface area contributed by atoms with Gasteiger partial charge in [0.25, 0.3) is 0 Å². The highest BCUT2D eigenvalue weighted by Crippen LogP contribution is 2.47. The van der Waals surface area contributed by atoms with E-state index in [0.717, 1.165) is 0 Å². The van der Waals surface area contributed by atoms with Crippen molar-refractivity contribution in [2.75, 3.05) is 0 Å². The molecule has 1 amide bonds. The third-order valence-corrected chi connectivity index (χ3v) is 1.65. The quantitative estimate of drug-likeness (QED) is 0.706. The first-order valence-corrected chi connectivity index (χ1v) is 3.38. The number of nitrogens with two attached hydrogens (primary N) is 1. The highest BCUT2D eigenvalue weighted by atomic mass is 19.4. The summed E-state index contributed by atoms with van der Waals surface area (Å²) in [4.78, 5) is 10.2. The molecule has 0 unspecified atom stereocenters. The SMILES string of the molecule is NC(=O)OC1(CC(F)(F)F)CC1.